The highest BCUT2D eigenvalue weighted by Crippen LogP contribution is 2.44. The molecule has 1 saturated heterocycles. The number of anilines is 1. The summed E-state index contributed by atoms with van der Waals surface area (Å²) >= 11 is 0. The Labute approximate surface area is 169 Å². The Morgan fingerprint density at radius 2 is 1.89 bits per heavy atom. The molecule has 0 bridgehead atoms. The van der Waals surface area contributed by atoms with Gasteiger partial charge in [-0.1, -0.05) is 30.3 Å². The number of ether oxygens (including phenoxy) is 1. The third-order valence-corrected chi connectivity index (χ3v) is 6.66. The number of nitrogens with zero attached hydrogens (tertiary/aromatic N) is 1. The molecule has 2 aliphatic heterocycles. The molecule has 3 N–H and O–H groups in total. The average molecular weight is 380 g/mol. The van der Waals surface area contributed by atoms with Crippen molar-refractivity contribution >= 4 is 5.69 Å². The first kappa shape index (κ1) is 19.3. The first-order valence-electron chi connectivity index (χ1n) is 10.4. The fourth-order valence-electron chi connectivity index (χ4n) is 4.84. The predicted octanol–water partition coefficient (Wildman–Crippen LogP) is 3.40. The lowest BCUT2D eigenvalue weighted by Gasteiger charge is -2.40. The van der Waals surface area contributed by atoms with Gasteiger partial charge < -0.3 is 15.8 Å². The van der Waals surface area contributed by atoms with Gasteiger partial charge in [0.1, 0.15) is 11.4 Å². The van der Waals surface area contributed by atoms with Crippen LogP contribution in [0.2, 0.25) is 0 Å². The minimum absolute atomic E-state index is 0.204. The van der Waals surface area contributed by atoms with Crippen LogP contribution in [-0.4, -0.2) is 42.7 Å². The largest absolute Gasteiger partial charge is 0.485 e. The fraction of sp³-hybridized carbons (Fsp3) is 0.500. The number of nitrogens with two attached hydrogens (primary N) is 1. The Hall–Kier alpha value is -2.04. The van der Waals surface area contributed by atoms with Crippen LogP contribution in [0.1, 0.15) is 34.7 Å². The molecule has 2 heterocycles. The van der Waals surface area contributed by atoms with Crippen LogP contribution in [0.5, 0.6) is 5.75 Å². The van der Waals surface area contributed by atoms with Gasteiger partial charge in [0, 0.05) is 49.9 Å². The standard InChI is InChI=1S/C24H33N3O/c1-16-17(2)23-21(18(3)22(16)25)13-24(4,28-23)15-27-11-10-26-14-20(27)12-19-8-6-5-7-9-19/h5-9,20,26H,10-15,25H2,1-4H3. The van der Waals surface area contributed by atoms with E-state index >= 15 is 0 Å². The second-order valence-corrected chi connectivity index (χ2v) is 8.84. The second-order valence-electron chi connectivity index (χ2n) is 8.84. The summed E-state index contributed by atoms with van der Waals surface area (Å²) in [5.41, 5.74) is 13.3. The number of fused-ring (bicyclic) bond motifs is 1. The van der Waals surface area contributed by atoms with Crippen LogP contribution >= 0.6 is 0 Å². The van der Waals surface area contributed by atoms with Gasteiger partial charge in [-0.2, -0.15) is 0 Å². The molecule has 4 heteroatoms. The van der Waals surface area contributed by atoms with Crippen molar-refractivity contribution in [2.45, 2.75) is 52.2 Å². The summed E-state index contributed by atoms with van der Waals surface area (Å²) in [4.78, 5) is 2.62. The molecule has 0 radical (unpaired) electrons. The molecule has 2 aliphatic rings. The average Bonchev–Trinajstić information content (AvgIpc) is 3.05. The minimum atomic E-state index is -0.204. The first-order chi connectivity index (χ1) is 13.4. The molecular formula is C24H33N3O. The summed E-state index contributed by atoms with van der Waals surface area (Å²) in [5, 5.41) is 3.57. The number of hydrogen-bond acceptors (Lipinski definition) is 4. The van der Waals surface area contributed by atoms with Crippen LogP contribution < -0.4 is 15.8 Å². The summed E-state index contributed by atoms with van der Waals surface area (Å²) in [6.07, 6.45) is 2.00. The lowest BCUT2D eigenvalue weighted by molar-refractivity contribution is 0.0348. The van der Waals surface area contributed by atoms with Crippen LogP contribution in [0.15, 0.2) is 30.3 Å². The summed E-state index contributed by atoms with van der Waals surface area (Å²) in [6, 6.07) is 11.3. The maximum atomic E-state index is 6.63. The Morgan fingerprint density at radius 3 is 2.64 bits per heavy atom. The van der Waals surface area contributed by atoms with Gasteiger partial charge in [-0.25, -0.2) is 0 Å². The topological polar surface area (TPSA) is 50.5 Å². The van der Waals surface area contributed by atoms with E-state index < -0.39 is 0 Å². The third kappa shape index (κ3) is 3.51. The van der Waals surface area contributed by atoms with Crippen molar-refractivity contribution in [2.24, 2.45) is 0 Å². The maximum absolute atomic E-state index is 6.63. The predicted molar refractivity (Wildman–Crippen MR) is 116 cm³/mol. The summed E-state index contributed by atoms with van der Waals surface area (Å²) in [5.74, 6) is 1.07. The van der Waals surface area contributed by atoms with Gasteiger partial charge in [0.05, 0.1) is 0 Å². The van der Waals surface area contributed by atoms with Crippen LogP contribution in [0.3, 0.4) is 0 Å². The van der Waals surface area contributed by atoms with Crippen LogP contribution in [0.4, 0.5) is 5.69 Å². The molecule has 2 aromatic carbocycles. The molecule has 2 unspecified atom stereocenters. The zero-order valence-electron chi connectivity index (χ0n) is 17.6. The molecule has 4 rings (SSSR count). The zero-order chi connectivity index (χ0) is 19.9. The van der Waals surface area contributed by atoms with E-state index in [2.05, 4.69) is 68.2 Å². The van der Waals surface area contributed by atoms with Crippen molar-refractivity contribution in [3.63, 3.8) is 0 Å². The highest BCUT2D eigenvalue weighted by atomic mass is 16.5. The van der Waals surface area contributed by atoms with Crippen molar-refractivity contribution in [1.29, 1.82) is 0 Å². The SMILES string of the molecule is Cc1c(C)c2c(c(C)c1N)CC(C)(CN1CCNCC1Cc1ccccc1)O2. The Bertz CT molecular complexity index is 825. The molecule has 1 fully saturated rings. The number of hydrogen-bond donors (Lipinski definition) is 2. The molecule has 0 spiro atoms. The van der Waals surface area contributed by atoms with E-state index in [9.17, 15) is 0 Å². The number of piperazine rings is 1. The zero-order valence-corrected chi connectivity index (χ0v) is 17.6. The number of rotatable bonds is 4. The van der Waals surface area contributed by atoms with Gasteiger partial charge in [0.15, 0.2) is 0 Å². The smallest absolute Gasteiger partial charge is 0.127 e. The monoisotopic (exact) mass is 379 g/mol. The molecule has 28 heavy (non-hydrogen) atoms. The highest BCUT2D eigenvalue weighted by molar-refractivity contribution is 5.66. The number of benzene rings is 2. The van der Waals surface area contributed by atoms with E-state index in [1.807, 2.05) is 0 Å². The normalized spacial score (nSPS) is 24.8. The number of nitrogens with one attached hydrogen (secondary N) is 1. The second kappa shape index (κ2) is 7.41. The highest BCUT2D eigenvalue weighted by Gasteiger charge is 2.40. The van der Waals surface area contributed by atoms with Gasteiger partial charge in [-0.15, -0.1) is 0 Å². The molecule has 0 aromatic heterocycles. The van der Waals surface area contributed by atoms with E-state index in [-0.39, 0.29) is 5.60 Å². The van der Waals surface area contributed by atoms with E-state index in [0.29, 0.717) is 6.04 Å². The summed E-state index contributed by atoms with van der Waals surface area (Å²) in [6.45, 7) is 12.7. The van der Waals surface area contributed by atoms with E-state index in [0.717, 1.165) is 56.0 Å². The van der Waals surface area contributed by atoms with E-state index in [4.69, 9.17) is 10.5 Å². The third-order valence-electron chi connectivity index (χ3n) is 6.66. The first-order valence-corrected chi connectivity index (χ1v) is 10.4. The van der Waals surface area contributed by atoms with Crippen LogP contribution in [-0.2, 0) is 12.8 Å². The molecule has 2 aromatic rings. The molecule has 4 nitrogen and oxygen atoms in total. The van der Waals surface area contributed by atoms with Crippen molar-refractivity contribution in [3.05, 3.63) is 58.1 Å². The fourth-order valence-corrected chi connectivity index (χ4v) is 4.84. The maximum Gasteiger partial charge on any atom is 0.127 e. The number of nitrogen functional groups attached to an aromatic ring is 1. The lowest BCUT2D eigenvalue weighted by Crippen LogP contribution is -2.57. The molecule has 0 saturated carbocycles. The lowest BCUT2D eigenvalue weighted by atomic mass is 9.91. The summed E-state index contributed by atoms with van der Waals surface area (Å²) in [7, 11) is 0. The van der Waals surface area contributed by atoms with Gasteiger partial charge in [0.25, 0.3) is 0 Å². The molecule has 150 valence electrons. The minimum Gasteiger partial charge on any atom is -0.485 e. The van der Waals surface area contributed by atoms with Crippen molar-refractivity contribution < 1.29 is 4.74 Å². The van der Waals surface area contributed by atoms with Crippen molar-refractivity contribution in [3.8, 4) is 5.75 Å². The quantitative estimate of drug-likeness (QED) is 0.800. The van der Waals surface area contributed by atoms with E-state index in [1.165, 1.54) is 22.3 Å². The van der Waals surface area contributed by atoms with Gasteiger partial charge in [-0.3, -0.25) is 4.90 Å². The van der Waals surface area contributed by atoms with Gasteiger partial charge in [0.2, 0.25) is 0 Å². The van der Waals surface area contributed by atoms with Crippen molar-refractivity contribution in [1.82, 2.24) is 10.2 Å². The summed E-state index contributed by atoms with van der Waals surface area (Å²) < 4.78 is 6.63. The Kier molecular flexibility index (Phi) is 5.11. The molecule has 0 amide bonds. The van der Waals surface area contributed by atoms with Crippen LogP contribution in [0.25, 0.3) is 0 Å². The Balaban J connectivity index is 1.54. The van der Waals surface area contributed by atoms with Crippen LogP contribution in [0, 0.1) is 20.8 Å². The Morgan fingerprint density at radius 1 is 1.14 bits per heavy atom. The van der Waals surface area contributed by atoms with E-state index in [1.54, 1.807) is 0 Å². The van der Waals surface area contributed by atoms with Gasteiger partial charge in [-0.05, 0) is 56.4 Å². The molecular weight excluding hydrogens is 346 g/mol. The molecule has 2 atom stereocenters. The molecule has 0 aliphatic carbocycles. The van der Waals surface area contributed by atoms with Crippen molar-refractivity contribution in [2.75, 3.05) is 31.9 Å². The van der Waals surface area contributed by atoms with Gasteiger partial charge >= 0.3 is 0 Å².